The van der Waals surface area contributed by atoms with Gasteiger partial charge in [-0.1, -0.05) is 53.0 Å². The fourth-order valence-corrected chi connectivity index (χ4v) is 5.68. The maximum atomic E-state index is 12.9. The van der Waals surface area contributed by atoms with Crippen LogP contribution in [0.5, 0.6) is 0 Å². The molecule has 12 heteroatoms. The number of sulfonamides is 1. The summed E-state index contributed by atoms with van der Waals surface area (Å²) in [5.74, 6) is 0.735. The second-order valence-electron chi connectivity index (χ2n) is 7.75. The smallest absolute Gasteiger partial charge is 0.244 e. The van der Waals surface area contributed by atoms with Gasteiger partial charge in [0.1, 0.15) is 18.6 Å². The Hall–Kier alpha value is -2.30. The Bertz CT molecular complexity index is 1460. The molecule has 176 valence electrons. The van der Waals surface area contributed by atoms with Crippen molar-refractivity contribution in [2.75, 3.05) is 25.5 Å². The predicted octanol–water partition coefficient (Wildman–Crippen LogP) is 3.74. The van der Waals surface area contributed by atoms with E-state index in [9.17, 15) is 8.42 Å². The average Bonchev–Trinajstić information content (AvgIpc) is 3.17. The number of hydrogen-bond acceptors (Lipinski definition) is 5. The van der Waals surface area contributed by atoms with Gasteiger partial charge in [-0.3, -0.25) is 0 Å². The highest BCUT2D eigenvalue weighted by Crippen LogP contribution is 2.29. The van der Waals surface area contributed by atoms with E-state index in [0.717, 1.165) is 28.2 Å². The highest BCUT2D eigenvalue weighted by molar-refractivity contribution is 7.89. The van der Waals surface area contributed by atoms with Gasteiger partial charge >= 0.3 is 0 Å². The van der Waals surface area contributed by atoms with Crippen molar-refractivity contribution in [2.24, 2.45) is 0 Å². The summed E-state index contributed by atoms with van der Waals surface area (Å²) in [5.41, 5.74) is 3.20. The van der Waals surface area contributed by atoms with Gasteiger partial charge in [0.05, 0.1) is 10.7 Å². The zero-order valence-corrected chi connectivity index (χ0v) is 21.5. The lowest BCUT2D eigenvalue weighted by Gasteiger charge is -2.18. The lowest BCUT2D eigenvalue weighted by molar-refractivity contribution is 0.465. The molecular formula is C22H21BCl3N5O2S. The van der Waals surface area contributed by atoms with E-state index in [0.29, 0.717) is 23.0 Å². The van der Waals surface area contributed by atoms with Gasteiger partial charge in [-0.25, -0.2) is 17.7 Å². The first-order chi connectivity index (χ1) is 16.2. The lowest BCUT2D eigenvalue weighted by atomic mass is 10.0. The van der Waals surface area contributed by atoms with Gasteiger partial charge in [0.15, 0.2) is 5.65 Å². The average molecular weight is 537 g/mol. The number of nitrogens with zero attached hydrogens (tertiary/aromatic N) is 4. The van der Waals surface area contributed by atoms with Crippen LogP contribution in [0, 0.1) is 0 Å². The zero-order valence-electron chi connectivity index (χ0n) is 18.5. The van der Waals surface area contributed by atoms with Gasteiger partial charge in [-0.2, -0.15) is 9.61 Å². The quantitative estimate of drug-likeness (QED) is 0.274. The topological polar surface area (TPSA) is 79.6 Å². The second-order valence-corrected chi connectivity index (χ2v) is 11.0. The Balaban J connectivity index is 1.49. The molecule has 2 heterocycles. The fraction of sp³-hybridized carbons (Fsp3) is 0.182. The van der Waals surface area contributed by atoms with E-state index in [1.807, 2.05) is 38.2 Å². The van der Waals surface area contributed by atoms with Crippen LogP contribution in [-0.2, 0) is 10.0 Å². The molecule has 7 nitrogen and oxygen atoms in total. The van der Waals surface area contributed by atoms with Crippen LogP contribution < -0.4 is 10.8 Å². The summed E-state index contributed by atoms with van der Waals surface area (Å²) in [6.07, 6.45) is 2.30. The molecule has 0 aliphatic carbocycles. The number of hydrogen-bond donors (Lipinski definition) is 1. The standard InChI is InChI=1S/C22H21BCl3N5O2S/c1-30(34(32,33)20-8-7-14(24)11-18(20)26)10-4-9-27-21-12-19(15-5-2-3-6-17(15)25)29-22-16(23)13-28-31(21)22/h2-3,5-8,11-13,27H,4,9-10,23H2,1H3. The van der Waals surface area contributed by atoms with E-state index in [4.69, 9.17) is 39.8 Å². The van der Waals surface area contributed by atoms with E-state index in [2.05, 4.69) is 10.4 Å². The molecule has 1 N–H and O–H groups in total. The summed E-state index contributed by atoms with van der Waals surface area (Å²) in [4.78, 5) is 4.76. The minimum Gasteiger partial charge on any atom is -0.370 e. The summed E-state index contributed by atoms with van der Waals surface area (Å²) < 4.78 is 28.8. The molecule has 0 atom stereocenters. The zero-order chi connectivity index (χ0) is 24.5. The van der Waals surface area contributed by atoms with Crippen molar-refractivity contribution in [3.05, 3.63) is 69.8 Å². The largest absolute Gasteiger partial charge is 0.370 e. The molecule has 0 fully saturated rings. The van der Waals surface area contributed by atoms with Crippen molar-refractivity contribution < 1.29 is 8.42 Å². The Morgan fingerprint density at radius 2 is 1.85 bits per heavy atom. The van der Waals surface area contributed by atoms with E-state index in [1.54, 1.807) is 10.7 Å². The number of anilines is 1. The first-order valence-corrected chi connectivity index (χ1v) is 13.0. The van der Waals surface area contributed by atoms with Gasteiger partial charge < -0.3 is 5.32 Å². The van der Waals surface area contributed by atoms with Gasteiger partial charge in [0.2, 0.25) is 10.0 Å². The highest BCUT2D eigenvalue weighted by Gasteiger charge is 2.23. The molecule has 0 aliphatic heterocycles. The number of fused-ring (bicyclic) bond motifs is 1. The second kappa shape index (κ2) is 10.1. The van der Waals surface area contributed by atoms with Crippen LogP contribution in [0.15, 0.2) is 59.6 Å². The van der Waals surface area contributed by atoms with Crippen LogP contribution in [-0.4, -0.2) is 55.3 Å². The van der Waals surface area contributed by atoms with Crippen molar-refractivity contribution >= 4 is 69.6 Å². The molecule has 4 rings (SSSR count). The van der Waals surface area contributed by atoms with Gasteiger partial charge in [0, 0.05) is 48.0 Å². The van der Waals surface area contributed by atoms with Crippen LogP contribution in [0.3, 0.4) is 0 Å². The monoisotopic (exact) mass is 535 g/mol. The Morgan fingerprint density at radius 1 is 1.09 bits per heavy atom. The first-order valence-electron chi connectivity index (χ1n) is 10.4. The molecular weight excluding hydrogens is 516 g/mol. The van der Waals surface area contributed by atoms with Crippen LogP contribution in [0.1, 0.15) is 6.42 Å². The van der Waals surface area contributed by atoms with Crippen molar-refractivity contribution in [3.63, 3.8) is 0 Å². The van der Waals surface area contributed by atoms with Gasteiger partial charge in [-0.15, -0.1) is 0 Å². The molecule has 0 radical (unpaired) electrons. The fourth-order valence-electron chi connectivity index (χ4n) is 3.50. The van der Waals surface area contributed by atoms with Crippen molar-refractivity contribution in [1.82, 2.24) is 18.9 Å². The minimum atomic E-state index is -3.74. The maximum Gasteiger partial charge on any atom is 0.244 e. The summed E-state index contributed by atoms with van der Waals surface area (Å²) >= 11 is 18.4. The molecule has 0 aliphatic rings. The van der Waals surface area contributed by atoms with E-state index < -0.39 is 10.0 Å². The molecule has 4 aromatic rings. The van der Waals surface area contributed by atoms with E-state index >= 15 is 0 Å². The third kappa shape index (κ3) is 5.04. The van der Waals surface area contributed by atoms with Gasteiger partial charge in [0.25, 0.3) is 0 Å². The normalized spacial score (nSPS) is 11.9. The van der Waals surface area contributed by atoms with Crippen LogP contribution >= 0.6 is 34.8 Å². The SMILES string of the molecule is Bc1cnn2c(NCCCN(C)S(=O)(=O)c3ccc(Cl)cc3Cl)cc(-c3ccccc3Cl)nc12. The van der Waals surface area contributed by atoms with Crippen LogP contribution in [0.25, 0.3) is 16.9 Å². The van der Waals surface area contributed by atoms with Crippen LogP contribution in [0.4, 0.5) is 5.82 Å². The molecule has 0 unspecified atom stereocenters. The molecule has 0 saturated heterocycles. The molecule has 2 aromatic carbocycles. The minimum absolute atomic E-state index is 0.0290. The summed E-state index contributed by atoms with van der Waals surface area (Å²) in [6, 6.07) is 13.7. The number of benzene rings is 2. The third-order valence-corrected chi connectivity index (χ3v) is 8.24. The lowest BCUT2D eigenvalue weighted by Crippen LogP contribution is -2.29. The number of nitrogens with one attached hydrogen (secondary N) is 1. The van der Waals surface area contributed by atoms with Crippen molar-refractivity contribution in [3.8, 4) is 11.3 Å². The molecule has 0 spiro atoms. The molecule has 0 amide bonds. The molecule has 2 aromatic heterocycles. The number of rotatable bonds is 8. The maximum absolute atomic E-state index is 12.9. The Labute approximate surface area is 214 Å². The summed E-state index contributed by atoms with van der Waals surface area (Å²) in [6.45, 7) is 0.798. The molecule has 0 bridgehead atoms. The van der Waals surface area contributed by atoms with Crippen molar-refractivity contribution in [1.29, 1.82) is 0 Å². The predicted molar refractivity (Wildman–Crippen MR) is 141 cm³/mol. The summed E-state index contributed by atoms with van der Waals surface area (Å²) in [5, 5.41) is 8.84. The first kappa shape index (κ1) is 24.8. The van der Waals surface area contributed by atoms with E-state index in [1.165, 1.54) is 29.6 Å². The molecule has 34 heavy (non-hydrogen) atoms. The number of halogens is 3. The highest BCUT2D eigenvalue weighted by atomic mass is 35.5. The Morgan fingerprint density at radius 3 is 2.59 bits per heavy atom. The van der Waals surface area contributed by atoms with Crippen molar-refractivity contribution in [2.45, 2.75) is 11.3 Å². The van der Waals surface area contributed by atoms with Gasteiger partial charge in [-0.05, 0) is 36.1 Å². The van der Waals surface area contributed by atoms with Crippen LogP contribution in [0.2, 0.25) is 15.1 Å². The molecule has 0 saturated carbocycles. The third-order valence-electron chi connectivity index (χ3n) is 5.34. The van der Waals surface area contributed by atoms with E-state index in [-0.39, 0.29) is 16.5 Å². The Kier molecular flexibility index (Phi) is 7.40. The number of aromatic nitrogens is 3. The summed E-state index contributed by atoms with van der Waals surface area (Å²) in [7, 11) is -0.271.